The lowest BCUT2D eigenvalue weighted by atomic mass is 10.2. The average Bonchev–Trinajstić information content (AvgIpc) is 3.00. The zero-order valence-corrected chi connectivity index (χ0v) is 11.8. The third kappa shape index (κ3) is 3.03. The normalized spacial score (nSPS) is 10.6. The van der Waals surface area contributed by atoms with Gasteiger partial charge in [-0.05, 0) is 42.0 Å². The summed E-state index contributed by atoms with van der Waals surface area (Å²) < 4.78 is 1.86. The lowest BCUT2D eigenvalue weighted by Crippen LogP contribution is -1.93. The van der Waals surface area contributed by atoms with Gasteiger partial charge in [0.25, 0.3) is 0 Å². The fourth-order valence-corrected chi connectivity index (χ4v) is 2.86. The van der Waals surface area contributed by atoms with Gasteiger partial charge in [0, 0.05) is 28.7 Å². The first-order chi connectivity index (χ1) is 9.81. The second-order valence-corrected chi connectivity index (χ2v) is 5.53. The molecule has 0 aliphatic heterocycles. The van der Waals surface area contributed by atoms with Crippen LogP contribution in [0.2, 0.25) is 0 Å². The molecule has 3 nitrogen and oxygen atoms in total. The minimum absolute atomic E-state index is 0.809. The Kier molecular flexibility index (Phi) is 3.74. The van der Waals surface area contributed by atoms with Crippen molar-refractivity contribution in [3.63, 3.8) is 0 Å². The van der Waals surface area contributed by atoms with E-state index in [0.717, 1.165) is 17.1 Å². The lowest BCUT2D eigenvalue weighted by Gasteiger charge is -2.05. The first-order valence-electron chi connectivity index (χ1n) is 6.38. The van der Waals surface area contributed by atoms with Gasteiger partial charge in [-0.25, -0.2) is 4.68 Å². The second-order valence-electron chi connectivity index (χ2n) is 4.48. The first-order valence-corrected chi connectivity index (χ1v) is 7.37. The smallest absolute Gasteiger partial charge is 0.0645 e. The van der Waals surface area contributed by atoms with Gasteiger partial charge in [-0.2, -0.15) is 5.10 Å². The Labute approximate surface area is 122 Å². The molecule has 100 valence electrons. The maximum absolute atomic E-state index is 5.78. The SMILES string of the molecule is Nc1cccc(SCc2ccc(-n3cccn3)cc2)c1. The molecule has 4 heteroatoms. The molecule has 20 heavy (non-hydrogen) atoms. The minimum Gasteiger partial charge on any atom is -0.399 e. The van der Waals surface area contributed by atoms with Crippen molar-refractivity contribution in [2.24, 2.45) is 0 Å². The monoisotopic (exact) mass is 281 g/mol. The van der Waals surface area contributed by atoms with E-state index >= 15 is 0 Å². The highest BCUT2D eigenvalue weighted by Crippen LogP contribution is 2.24. The summed E-state index contributed by atoms with van der Waals surface area (Å²) in [5.74, 6) is 0.933. The second kappa shape index (κ2) is 5.84. The molecule has 0 aliphatic rings. The number of hydrogen-bond acceptors (Lipinski definition) is 3. The molecule has 0 unspecified atom stereocenters. The predicted octanol–water partition coefficient (Wildman–Crippen LogP) is 3.75. The third-order valence-electron chi connectivity index (χ3n) is 2.97. The van der Waals surface area contributed by atoms with Crippen LogP contribution in [0.3, 0.4) is 0 Å². The van der Waals surface area contributed by atoms with Crippen molar-refractivity contribution in [1.82, 2.24) is 9.78 Å². The fourth-order valence-electron chi connectivity index (χ4n) is 1.94. The Balaban J connectivity index is 1.67. The maximum atomic E-state index is 5.78. The number of nitrogen functional groups attached to an aromatic ring is 1. The number of anilines is 1. The highest BCUT2D eigenvalue weighted by molar-refractivity contribution is 7.98. The number of aromatic nitrogens is 2. The van der Waals surface area contributed by atoms with Crippen molar-refractivity contribution in [3.05, 3.63) is 72.6 Å². The molecule has 0 saturated heterocycles. The molecule has 0 fully saturated rings. The molecule has 0 radical (unpaired) electrons. The van der Waals surface area contributed by atoms with Crippen LogP contribution in [0.5, 0.6) is 0 Å². The van der Waals surface area contributed by atoms with E-state index in [-0.39, 0.29) is 0 Å². The molecule has 2 aromatic carbocycles. The Morgan fingerprint density at radius 3 is 2.60 bits per heavy atom. The van der Waals surface area contributed by atoms with E-state index in [1.165, 1.54) is 10.5 Å². The molecule has 0 aliphatic carbocycles. The molecular formula is C16H15N3S. The zero-order chi connectivity index (χ0) is 13.8. The van der Waals surface area contributed by atoms with Crippen molar-refractivity contribution in [1.29, 1.82) is 0 Å². The van der Waals surface area contributed by atoms with Crippen LogP contribution in [-0.4, -0.2) is 9.78 Å². The molecule has 3 rings (SSSR count). The Morgan fingerprint density at radius 1 is 1.05 bits per heavy atom. The van der Waals surface area contributed by atoms with E-state index < -0.39 is 0 Å². The fraction of sp³-hybridized carbons (Fsp3) is 0.0625. The summed E-state index contributed by atoms with van der Waals surface area (Å²) in [6.45, 7) is 0. The van der Waals surface area contributed by atoms with Crippen molar-refractivity contribution in [2.75, 3.05) is 5.73 Å². The van der Waals surface area contributed by atoms with Crippen LogP contribution in [-0.2, 0) is 5.75 Å². The summed E-state index contributed by atoms with van der Waals surface area (Å²) in [6, 6.07) is 18.3. The van der Waals surface area contributed by atoms with E-state index in [1.54, 1.807) is 18.0 Å². The molecule has 1 aromatic heterocycles. The summed E-state index contributed by atoms with van der Waals surface area (Å²) >= 11 is 1.79. The molecule has 0 bridgehead atoms. The standard InChI is InChI=1S/C16H15N3S/c17-14-3-1-4-16(11-14)20-12-13-5-7-15(8-6-13)19-10-2-9-18-19/h1-11H,12,17H2. The van der Waals surface area contributed by atoms with Gasteiger partial charge in [0.1, 0.15) is 0 Å². The summed E-state index contributed by atoms with van der Waals surface area (Å²) in [5, 5.41) is 4.22. The van der Waals surface area contributed by atoms with E-state index in [0.29, 0.717) is 0 Å². The van der Waals surface area contributed by atoms with E-state index in [1.807, 2.05) is 35.1 Å². The quantitative estimate of drug-likeness (QED) is 0.585. The minimum atomic E-state index is 0.809. The van der Waals surface area contributed by atoms with Gasteiger partial charge < -0.3 is 5.73 Å². The predicted molar refractivity (Wildman–Crippen MR) is 84.0 cm³/mol. The number of nitrogens with zero attached hydrogens (tertiary/aromatic N) is 2. The number of benzene rings is 2. The highest BCUT2D eigenvalue weighted by Gasteiger charge is 1.99. The van der Waals surface area contributed by atoms with Crippen LogP contribution >= 0.6 is 11.8 Å². The van der Waals surface area contributed by atoms with Crippen LogP contribution < -0.4 is 5.73 Å². The molecule has 0 spiro atoms. The van der Waals surface area contributed by atoms with Gasteiger partial charge in [0.05, 0.1) is 5.69 Å². The van der Waals surface area contributed by atoms with Gasteiger partial charge >= 0.3 is 0 Å². The van der Waals surface area contributed by atoms with Crippen LogP contribution in [0, 0.1) is 0 Å². The van der Waals surface area contributed by atoms with Gasteiger partial charge in [-0.15, -0.1) is 11.8 Å². The van der Waals surface area contributed by atoms with Gasteiger partial charge in [0.15, 0.2) is 0 Å². The molecule has 0 amide bonds. The van der Waals surface area contributed by atoms with Crippen LogP contribution in [0.4, 0.5) is 5.69 Å². The number of nitrogens with two attached hydrogens (primary N) is 1. The molecule has 0 saturated carbocycles. The topological polar surface area (TPSA) is 43.8 Å². The Morgan fingerprint density at radius 2 is 1.90 bits per heavy atom. The summed E-state index contributed by atoms with van der Waals surface area (Å²) in [5.41, 5.74) is 8.95. The van der Waals surface area contributed by atoms with Crippen molar-refractivity contribution in [2.45, 2.75) is 10.6 Å². The van der Waals surface area contributed by atoms with E-state index in [4.69, 9.17) is 5.73 Å². The molecule has 3 aromatic rings. The highest BCUT2D eigenvalue weighted by atomic mass is 32.2. The van der Waals surface area contributed by atoms with Gasteiger partial charge in [-0.3, -0.25) is 0 Å². The van der Waals surface area contributed by atoms with Gasteiger partial charge in [-0.1, -0.05) is 18.2 Å². The van der Waals surface area contributed by atoms with Crippen LogP contribution in [0.15, 0.2) is 71.9 Å². The van der Waals surface area contributed by atoms with Crippen molar-refractivity contribution in [3.8, 4) is 5.69 Å². The average molecular weight is 281 g/mol. The molecule has 0 atom stereocenters. The summed E-state index contributed by atoms with van der Waals surface area (Å²) in [4.78, 5) is 1.20. The maximum Gasteiger partial charge on any atom is 0.0645 e. The molecule has 1 heterocycles. The zero-order valence-electron chi connectivity index (χ0n) is 10.9. The van der Waals surface area contributed by atoms with Crippen LogP contribution in [0.25, 0.3) is 5.69 Å². The largest absolute Gasteiger partial charge is 0.399 e. The van der Waals surface area contributed by atoms with E-state index in [2.05, 4.69) is 35.4 Å². The Bertz CT molecular complexity index is 675. The third-order valence-corrected chi connectivity index (χ3v) is 4.03. The van der Waals surface area contributed by atoms with Crippen molar-refractivity contribution < 1.29 is 0 Å². The van der Waals surface area contributed by atoms with E-state index in [9.17, 15) is 0 Å². The van der Waals surface area contributed by atoms with Crippen molar-refractivity contribution >= 4 is 17.4 Å². The summed E-state index contributed by atoms with van der Waals surface area (Å²) in [7, 11) is 0. The van der Waals surface area contributed by atoms with Crippen LogP contribution in [0.1, 0.15) is 5.56 Å². The summed E-state index contributed by atoms with van der Waals surface area (Å²) in [6.07, 6.45) is 3.72. The first kappa shape index (κ1) is 12.8. The Hall–Kier alpha value is -2.20. The van der Waals surface area contributed by atoms with Gasteiger partial charge in [0.2, 0.25) is 0 Å². The molecule has 2 N–H and O–H groups in total. The number of thioether (sulfide) groups is 1. The lowest BCUT2D eigenvalue weighted by molar-refractivity contribution is 0.880. The molecular weight excluding hydrogens is 266 g/mol. The number of hydrogen-bond donors (Lipinski definition) is 1. The number of rotatable bonds is 4.